The average Bonchev–Trinajstić information content (AvgIpc) is 2.79. The fourth-order valence-corrected chi connectivity index (χ4v) is 3.54. The lowest BCUT2D eigenvalue weighted by Crippen LogP contribution is -2.23. The standard InChI is InChI=1S/C27H25N3O4/c1-4-24-22(13-18(2)7-5-9-20(16-28)26(31)32)15-23-14-19(11-12-25(23)30(24)3)8-6-10-21(17-29)27(33)34/h4-9,11-14,21H,1,10,15H2,2-3H3,(H,31,32)(H,33,34)/b7-5+,8-6+,18-13+,20-9-. The molecule has 1 aliphatic heterocycles. The van der Waals surface area contributed by atoms with Crippen LogP contribution in [0.1, 0.15) is 24.5 Å². The number of anilines is 1. The highest BCUT2D eigenvalue weighted by molar-refractivity contribution is 5.91. The van der Waals surface area contributed by atoms with Crippen LogP contribution in [0.4, 0.5) is 5.69 Å². The van der Waals surface area contributed by atoms with Crippen molar-refractivity contribution in [3.05, 3.63) is 94.8 Å². The van der Waals surface area contributed by atoms with E-state index in [0.717, 1.165) is 33.7 Å². The Balaban J connectivity index is 2.30. The van der Waals surface area contributed by atoms with Crippen molar-refractivity contribution >= 4 is 23.7 Å². The number of carboxylic acids is 2. The Hall–Kier alpha value is -4.62. The number of rotatable bonds is 9. The Labute approximate surface area is 198 Å². The lowest BCUT2D eigenvalue weighted by molar-refractivity contribution is -0.139. The van der Waals surface area contributed by atoms with Crippen molar-refractivity contribution in [3.8, 4) is 12.1 Å². The molecule has 0 radical (unpaired) electrons. The number of nitrogens with zero attached hydrogens (tertiary/aromatic N) is 3. The third-order valence-electron chi connectivity index (χ3n) is 5.24. The molecule has 0 saturated heterocycles. The highest BCUT2D eigenvalue weighted by Crippen LogP contribution is 2.34. The molecule has 1 atom stereocenters. The summed E-state index contributed by atoms with van der Waals surface area (Å²) in [6.07, 6.45) is 12.6. The Morgan fingerprint density at radius 1 is 1.29 bits per heavy atom. The van der Waals surface area contributed by atoms with Crippen molar-refractivity contribution in [1.82, 2.24) is 0 Å². The smallest absolute Gasteiger partial charge is 0.346 e. The Morgan fingerprint density at radius 3 is 2.62 bits per heavy atom. The van der Waals surface area contributed by atoms with Crippen molar-refractivity contribution in [1.29, 1.82) is 10.5 Å². The summed E-state index contributed by atoms with van der Waals surface area (Å²) in [5.41, 5.74) is 5.50. The van der Waals surface area contributed by atoms with Crippen molar-refractivity contribution in [3.63, 3.8) is 0 Å². The fraction of sp³-hybridized carbons (Fsp3) is 0.185. The molecule has 0 bridgehead atoms. The zero-order chi connectivity index (χ0) is 25.3. The molecule has 0 amide bonds. The number of nitriles is 2. The monoisotopic (exact) mass is 455 g/mol. The fourth-order valence-electron chi connectivity index (χ4n) is 3.54. The first kappa shape index (κ1) is 25.6. The summed E-state index contributed by atoms with van der Waals surface area (Å²) in [6.45, 7) is 5.82. The molecule has 1 heterocycles. The topological polar surface area (TPSA) is 125 Å². The summed E-state index contributed by atoms with van der Waals surface area (Å²) in [5, 5.41) is 35.7. The van der Waals surface area contributed by atoms with E-state index in [1.165, 1.54) is 12.2 Å². The van der Waals surface area contributed by atoms with Gasteiger partial charge >= 0.3 is 11.9 Å². The Bertz CT molecular complexity index is 1230. The number of aliphatic carboxylic acids is 2. The second-order valence-electron chi connectivity index (χ2n) is 7.64. The van der Waals surface area contributed by atoms with Gasteiger partial charge in [-0.2, -0.15) is 10.5 Å². The van der Waals surface area contributed by atoms with E-state index in [1.807, 2.05) is 49.2 Å². The number of fused-ring (bicyclic) bond motifs is 1. The third-order valence-corrected chi connectivity index (χ3v) is 5.24. The number of carboxylic acid groups (broad SMARTS) is 2. The molecule has 2 N–H and O–H groups in total. The Morgan fingerprint density at radius 2 is 2.03 bits per heavy atom. The van der Waals surface area contributed by atoms with E-state index in [0.29, 0.717) is 6.42 Å². The summed E-state index contributed by atoms with van der Waals surface area (Å²) in [7, 11) is 1.95. The van der Waals surface area contributed by atoms with Gasteiger partial charge in [0.25, 0.3) is 0 Å². The van der Waals surface area contributed by atoms with E-state index < -0.39 is 17.9 Å². The molecule has 1 aromatic carbocycles. The molecule has 1 unspecified atom stereocenters. The van der Waals surface area contributed by atoms with Gasteiger partial charge in [-0.15, -0.1) is 0 Å². The Kier molecular flexibility index (Phi) is 8.93. The van der Waals surface area contributed by atoms with E-state index in [9.17, 15) is 9.59 Å². The zero-order valence-electron chi connectivity index (χ0n) is 19.0. The molecular formula is C27H25N3O4. The van der Waals surface area contributed by atoms with Gasteiger partial charge in [-0.3, -0.25) is 4.79 Å². The summed E-state index contributed by atoms with van der Waals surface area (Å²) in [4.78, 5) is 24.0. The maximum absolute atomic E-state index is 11.0. The lowest BCUT2D eigenvalue weighted by atomic mass is 9.93. The van der Waals surface area contributed by atoms with E-state index in [-0.39, 0.29) is 12.0 Å². The molecular weight excluding hydrogens is 430 g/mol. The van der Waals surface area contributed by atoms with Crippen LogP contribution in [-0.2, 0) is 16.0 Å². The van der Waals surface area contributed by atoms with Crippen molar-refractivity contribution in [2.24, 2.45) is 5.92 Å². The number of allylic oxidation sites excluding steroid dienone is 8. The van der Waals surface area contributed by atoms with Gasteiger partial charge < -0.3 is 15.1 Å². The van der Waals surface area contributed by atoms with E-state index in [1.54, 1.807) is 30.4 Å². The molecule has 0 saturated carbocycles. The number of likely N-dealkylation sites (N-methyl/N-ethyl adjacent to an activating group) is 1. The molecule has 7 heteroatoms. The summed E-state index contributed by atoms with van der Waals surface area (Å²) < 4.78 is 0. The molecule has 0 spiro atoms. The molecule has 0 fully saturated rings. The van der Waals surface area contributed by atoms with Crippen LogP contribution in [0.2, 0.25) is 0 Å². The van der Waals surface area contributed by atoms with Crippen LogP contribution in [0, 0.1) is 28.6 Å². The normalized spacial score (nSPS) is 15.1. The summed E-state index contributed by atoms with van der Waals surface area (Å²) >= 11 is 0. The molecule has 34 heavy (non-hydrogen) atoms. The number of benzene rings is 1. The van der Waals surface area contributed by atoms with E-state index in [2.05, 4.69) is 6.58 Å². The van der Waals surface area contributed by atoms with Gasteiger partial charge in [0.15, 0.2) is 0 Å². The minimum atomic E-state index is -1.27. The van der Waals surface area contributed by atoms with Gasteiger partial charge in [0.2, 0.25) is 0 Å². The molecule has 2 rings (SSSR count). The van der Waals surface area contributed by atoms with Crippen LogP contribution in [-0.4, -0.2) is 29.2 Å². The van der Waals surface area contributed by atoms with Crippen LogP contribution in [0.15, 0.2) is 83.7 Å². The molecule has 1 aliphatic rings. The van der Waals surface area contributed by atoms with Gasteiger partial charge in [-0.1, -0.05) is 48.6 Å². The predicted molar refractivity (Wildman–Crippen MR) is 130 cm³/mol. The predicted octanol–water partition coefficient (Wildman–Crippen LogP) is 4.78. The second kappa shape index (κ2) is 11.8. The second-order valence-corrected chi connectivity index (χ2v) is 7.64. The zero-order valence-corrected chi connectivity index (χ0v) is 19.0. The highest BCUT2D eigenvalue weighted by atomic mass is 16.4. The van der Waals surface area contributed by atoms with Gasteiger partial charge in [-0.05, 0) is 54.3 Å². The van der Waals surface area contributed by atoms with Crippen LogP contribution >= 0.6 is 0 Å². The first-order valence-corrected chi connectivity index (χ1v) is 10.4. The number of hydrogen-bond donors (Lipinski definition) is 2. The third kappa shape index (κ3) is 6.44. The largest absolute Gasteiger partial charge is 0.480 e. The van der Waals surface area contributed by atoms with Crippen LogP contribution < -0.4 is 4.90 Å². The van der Waals surface area contributed by atoms with Crippen molar-refractivity contribution < 1.29 is 19.8 Å². The minimum absolute atomic E-state index is 0.132. The van der Waals surface area contributed by atoms with Crippen LogP contribution in [0.5, 0.6) is 0 Å². The van der Waals surface area contributed by atoms with Gasteiger partial charge in [0, 0.05) is 24.9 Å². The van der Waals surface area contributed by atoms with Crippen molar-refractivity contribution in [2.45, 2.75) is 19.8 Å². The van der Waals surface area contributed by atoms with Gasteiger partial charge in [0.05, 0.1) is 6.07 Å². The highest BCUT2D eigenvalue weighted by Gasteiger charge is 2.20. The molecule has 0 aliphatic carbocycles. The number of carbonyl (C=O) groups is 2. The van der Waals surface area contributed by atoms with Crippen LogP contribution in [0.3, 0.4) is 0 Å². The minimum Gasteiger partial charge on any atom is -0.480 e. The summed E-state index contributed by atoms with van der Waals surface area (Å²) in [6, 6.07) is 9.36. The first-order valence-electron chi connectivity index (χ1n) is 10.4. The SMILES string of the molecule is C=CC1=C(/C=C(C)/C=C/C=C(/C#N)C(=O)O)Cc2cc(/C=C/CC(C#N)C(=O)O)ccc2N1C. The molecule has 1 aromatic rings. The van der Waals surface area contributed by atoms with E-state index >= 15 is 0 Å². The maximum atomic E-state index is 11.0. The average molecular weight is 456 g/mol. The lowest BCUT2D eigenvalue weighted by Gasteiger charge is -2.31. The van der Waals surface area contributed by atoms with Gasteiger partial charge in [-0.25, -0.2) is 4.79 Å². The molecule has 7 nitrogen and oxygen atoms in total. The molecule has 0 aromatic heterocycles. The van der Waals surface area contributed by atoms with E-state index in [4.69, 9.17) is 20.7 Å². The maximum Gasteiger partial charge on any atom is 0.346 e. The van der Waals surface area contributed by atoms with Crippen LogP contribution in [0.25, 0.3) is 6.08 Å². The van der Waals surface area contributed by atoms with Gasteiger partial charge in [0.1, 0.15) is 17.6 Å². The quantitative estimate of drug-likeness (QED) is 0.312. The van der Waals surface area contributed by atoms with Crippen molar-refractivity contribution in [2.75, 3.05) is 11.9 Å². The first-order chi connectivity index (χ1) is 16.2. The molecule has 172 valence electrons. The number of hydrogen-bond acceptors (Lipinski definition) is 5. The summed E-state index contributed by atoms with van der Waals surface area (Å²) in [5.74, 6) is -3.48.